The van der Waals surface area contributed by atoms with Crippen molar-refractivity contribution in [2.75, 3.05) is 11.4 Å². The maximum atomic E-state index is 12.8. The first-order chi connectivity index (χ1) is 16.9. The third-order valence-electron chi connectivity index (χ3n) is 6.30. The zero-order valence-corrected chi connectivity index (χ0v) is 20.2. The SMILES string of the molecule is CC[C@H](OC(=O)[C@H]1CC(=O)N(c2ccc(Oc3ccc(C)c(C)c3)cc2)C1)C(=O)c1ccccc1. The minimum atomic E-state index is -0.865. The average Bonchev–Trinajstić information content (AvgIpc) is 3.27. The van der Waals surface area contributed by atoms with E-state index in [0.29, 0.717) is 23.4 Å². The van der Waals surface area contributed by atoms with E-state index in [2.05, 4.69) is 0 Å². The van der Waals surface area contributed by atoms with Gasteiger partial charge in [0.15, 0.2) is 6.10 Å². The molecular formula is C29H29NO5. The Bertz CT molecular complexity index is 1220. The summed E-state index contributed by atoms with van der Waals surface area (Å²) < 4.78 is 11.5. The van der Waals surface area contributed by atoms with E-state index in [0.717, 1.165) is 11.3 Å². The highest BCUT2D eigenvalue weighted by Gasteiger charge is 2.37. The quantitative estimate of drug-likeness (QED) is 0.313. The summed E-state index contributed by atoms with van der Waals surface area (Å²) in [4.78, 5) is 39.8. The summed E-state index contributed by atoms with van der Waals surface area (Å²) in [6, 6.07) is 21.9. The molecule has 1 amide bonds. The second-order valence-corrected chi connectivity index (χ2v) is 8.81. The van der Waals surface area contributed by atoms with Gasteiger partial charge in [0.1, 0.15) is 11.5 Å². The van der Waals surface area contributed by atoms with Gasteiger partial charge in [0, 0.05) is 24.2 Å². The number of ether oxygens (including phenoxy) is 2. The molecular weight excluding hydrogens is 442 g/mol. The number of benzene rings is 3. The van der Waals surface area contributed by atoms with E-state index in [4.69, 9.17) is 9.47 Å². The van der Waals surface area contributed by atoms with Gasteiger partial charge in [-0.2, -0.15) is 0 Å². The highest BCUT2D eigenvalue weighted by atomic mass is 16.5. The smallest absolute Gasteiger partial charge is 0.312 e. The second-order valence-electron chi connectivity index (χ2n) is 8.81. The monoisotopic (exact) mass is 471 g/mol. The number of hydrogen-bond acceptors (Lipinski definition) is 5. The van der Waals surface area contributed by atoms with Gasteiger partial charge in [-0.25, -0.2) is 0 Å². The summed E-state index contributed by atoms with van der Waals surface area (Å²) >= 11 is 0. The van der Waals surface area contributed by atoms with Crippen molar-refractivity contribution in [3.63, 3.8) is 0 Å². The van der Waals surface area contributed by atoms with Crippen molar-refractivity contribution < 1.29 is 23.9 Å². The molecule has 0 spiro atoms. The molecule has 0 saturated carbocycles. The van der Waals surface area contributed by atoms with Crippen LogP contribution >= 0.6 is 0 Å². The van der Waals surface area contributed by atoms with Crippen molar-refractivity contribution in [2.24, 2.45) is 5.92 Å². The third kappa shape index (κ3) is 5.60. The molecule has 1 heterocycles. The predicted octanol–water partition coefficient (Wildman–Crippen LogP) is 5.65. The van der Waals surface area contributed by atoms with Gasteiger partial charge in [0.05, 0.1) is 5.92 Å². The second kappa shape index (κ2) is 10.6. The lowest BCUT2D eigenvalue weighted by Gasteiger charge is -2.19. The first-order valence-corrected chi connectivity index (χ1v) is 11.8. The van der Waals surface area contributed by atoms with Crippen molar-refractivity contribution in [3.8, 4) is 11.5 Å². The van der Waals surface area contributed by atoms with Crippen LogP contribution in [0.3, 0.4) is 0 Å². The summed E-state index contributed by atoms with van der Waals surface area (Å²) in [7, 11) is 0. The van der Waals surface area contributed by atoms with E-state index >= 15 is 0 Å². The molecule has 2 atom stereocenters. The lowest BCUT2D eigenvalue weighted by molar-refractivity contribution is -0.151. The molecule has 0 aromatic heterocycles. The van der Waals surface area contributed by atoms with Crippen LogP contribution in [0.5, 0.6) is 11.5 Å². The summed E-state index contributed by atoms with van der Waals surface area (Å²) in [6.45, 7) is 6.09. The van der Waals surface area contributed by atoms with Crippen LogP contribution in [0.25, 0.3) is 0 Å². The van der Waals surface area contributed by atoms with Crippen molar-refractivity contribution >= 4 is 23.3 Å². The fourth-order valence-electron chi connectivity index (χ4n) is 4.07. The number of carbonyl (C=O) groups is 3. The molecule has 0 bridgehead atoms. The van der Waals surface area contributed by atoms with E-state index in [1.807, 2.05) is 38.1 Å². The van der Waals surface area contributed by atoms with Gasteiger partial charge in [-0.3, -0.25) is 14.4 Å². The molecule has 0 unspecified atom stereocenters. The van der Waals surface area contributed by atoms with Crippen molar-refractivity contribution in [3.05, 3.63) is 89.5 Å². The van der Waals surface area contributed by atoms with Gasteiger partial charge in [-0.1, -0.05) is 43.3 Å². The first-order valence-electron chi connectivity index (χ1n) is 11.8. The average molecular weight is 472 g/mol. The van der Waals surface area contributed by atoms with Gasteiger partial charge in [-0.15, -0.1) is 0 Å². The largest absolute Gasteiger partial charge is 0.457 e. The van der Waals surface area contributed by atoms with Gasteiger partial charge in [0.25, 0.3) is 0 Å². The maximum Gasteiger partial charge on any atom is 0.312 e. The van der Waals surface area contributed by atoms with Gasteiger partial charge >= 0.3 is 5.97 Å². The number of hydrogen-bond donors (Lipinski definition) is 0. The molecule has 3 aromatic carbocycles. The number of anilines is 1. The standard InChI is InChI=1S/C29H29NO5/c1-4-26(28(32)21-8-6-5-7-9-21)35-29(33)22-17-27(31)30(18-22)23-11-14-24(15-12-23)34-25-13-10-19(2)20(3)16-25/h5-16,22,26H,4,17-18H2,1-3H3/t22-,26-/m0/s1. The van der Waals surface area contributed by atoms with Crippen molar-refractivity contribution in [1.29, 1.82) is 0 Å². The number of nitrogens with zero attached hydrogens (tertiary/aromatic N) is 1. The van der Waals surface area contributed by atoms with E-state index in [9.17, 15) is 14.4 Å². The zero-order valence-electron chi connectivity index (χ0n) is 20.2. The Hall–Kier alpha value is -3.93. The number of aryl methyl sites for hydroxylation is 2. The number of Topliss-reactive ketones (excluding diaryl/α,β-unsaturated/α-hetero) is 1. The number of esters is 1. The van der Waals surface area contributed by atoms with Crippen molar-refractivity contribution in [1.82, 2.24) is 0 Å². The van der Waals surface area contributed by atoms with Gasteiger partial charge in [0.2, 0.25) is 11.7 Å². The van der Waals surface area contributed by atoms with Crippen LogP contribution in [-0.4, -0.2) is 30.3 Å². The summed E-state index contributed by atoms with van der Waals surface area (Å²) in [5.41, 5.74) is 3.53. The van der Waals surface area contributed by atoms with Crippen LogP contribution in [0.4, 0.5) is 5.69 Å². The van der Waals surface area contributed by atoms with Crippen molar-refractivity contribution in [2.45, 2.75) is 39.7 Å². The molecule has 1 aliphatic rings. The van der Waals surface area contributed by atoms with E-state index in [-0.39, 0.29) is 24.7 Å². The van der Waals surface area contributed by atoms with E-state index in [1.165, 1.54) is 5.56 Å². The molecule has 6 heteroatoms. The fourth-order valence-corrected chi connectivity index (χ4v) is 4.07. The highest BCUT2D eigenvalue weighted by molar-refractivity contribution is 6.02. The minimum Gasteiger partial charge on any atom is -0.457 e. The van der Waals surface area contributed by atoms with Crippen LogP contribution in [-0.2, 0) is 14.3 Å². The Morgan fingerprint density at radius 1 is 0.943 bits per heavy atom. The molecule has 6 nitrogen and oxygen atoms in total. The zero-order chi connectivity index (χ0) is 24.9. The molecule has 0 radical (unpaired) electrons. The first kappa shape index (κ1) is 24.2. The predicted molar refractivity (Wildman–Crippen MR) is 134 cm³/mol. The molecule has 0 N–H and O–H groups in total. The van der Waals surface area contributed by atoms with Crippen LogP contribution in [0.2, 0.25) is 0 Å². The lowest BCUT2D eigenvalue weighted by atomic mass is 10.0. The minimum absolute atomic E-state index is 0.0513. The maximum absolute atomic E-state index is 12.8. The molecule has 0 aliphatic carbocycles. The van der Waals surface area contributed by atoms with Crippen LogP contribution in [0.15, 0.2) is 72.8 Å². The van der Waals surface area contributed by atoms with Crippen LogP contribution in [0.1, 0.15) is 41.3 Å². The Kier molecular flexibility index (Phi) is 7.30. The Morgan fingerprint density at radius 2 is 1.63 bits per heavy atom. The Balaban J connectivity index is 1.38. The number of ketones is 1. The fraction of sp³-hybridized carbons (Fsp3) is 0.276. The normalized spacial score (nSPS) is 16.1. The molecule has 1 aliphatic heterocycles. The molecule has 35 heavy (non-hydrogen) atoms. The van der Waals surface area contributed by atoms with E-state index in [1.54, 1.807) is 60.4 Å². The summed E-state index contributed by atoms with van der Waals surface area (Å²) in [6.07, 6.45) is -0.447. The van der Waals surface area contributed by atoms with Crippen LogP contribution < -0.4 is 9.64 Å². The van der Waals surface area contributed by atoms with E-state index < -0.39 is 18.0 Å². The molecule has 1 fully saturated rings. The van der Waals surface area contributed by atoms with Crippen LogP contribution in [0, 0.1) is 19.8 Å². The summed E-state index contributed by atoms with van der Waals surface area (Å²) in [5, 5.41) is 0. The molecule has 180 valence electrons. The highest BCUT2D eigenvalue weighted by Crippen LogP contribution is 2.30. The molecule has 3 aromatic rings. The number of amides is 1. The number of rotatable bonds is 8. The Labute approximate surface area is 205 Å². The lowest BCUT2D eigenvalue weighted by Crippen LogP contribution is -2.31. The topological polar surface area (TPSA) is 72.9 Å². The van der Waals surface area contributed by atoms with Gasteiger partial charge in [-0.05, 0) is 67.8 Å². The molecule has 4 rings (SSSR count). The summed E-state index contributed by atoms with van der Waals surface area (Å²) in [5.74, 6) is -0.126. The van der Waals surface area contributed by atoms with Gasteiger partial charge < -0.3 is 14.4 Å². The molecule has 1 saturated heterocycles. The third-order valence-corrected chi connectivity index (χ3v) is 6.30. The Morgan fingerprint density at radius 3 is 2.29 bits per heavy atom. The number of carbonyl (C=O) groups excluding carboxylic acids is 3.